The van der Waals surface area contributed by atoms with E-state index in [1.54, 1.807) is 0 Å². The molecule has 1 saturated carbocycles. The second-order valence-corrected chi connectivity index (χ2v) is 9.68. The van der Waals surface area contributed by atoms with Gasteiger partial charge in [0.05, 0.1) is 19.9 Å². The maximum atomic E-state index is 6.05. The van der Waals surface area contributed by atoms with Crippen molar-refractivity contribution in [3.8, 4) is 5.75 Å². The summed E-state index contributed by atoms with van der Waals surface area (Å²) in [5.41, 5.74) is 1.44. The predicted molar refractivity (Wildman–Crippen MR) is 124 cm³/mol. The summed E-state index contributed by atoms with van der Waals surface area (Å²) in [6.45, 7) is 4.32. The molecule has 1 spiro atoms. The van der Waals surface area contributed by atoms with Gasteiger partial charge in [-0.25, -0.2) is 4.68 Å². The molecule has 0 radical (unpaired) electrons. The third-order valence-electron chi connectivity index (χ3n) is 7.22. The molecule has 3 aliphatic rings. The fourth-order valence-electron chi connectivity index (χ4n) is 5.18. The number of hydrogen-bond donors (Lipinski definition) is 0. The van der Waals surface area contributed by atoms with Crippen LogP contribution in [0.3, 0.4) is 0 Å². The van der Waals surface area contributed by atoms with Gasteiger partial charge in [-0.3, -0.25) is 4.90 Å². The highest BCUT2D eigenvalue weighted by Gasteiger charge is 2.39. The Morgan fingerprint density at radius 2 is 1.75 bits per heavy atom. The first-order valence-electron chi connectivity index (χ1n) is 12.0. The fourth-order valence-corrected chi connectivity index (χ4v) is 5.38. The van der Waals surface area contributed by atoms with Crippen LogP contribution in [0.5, 0.6) is 5.75 Å². The van der Waals surface area contributed by atoms with Crippen LogP contribution in [0.2, 0.25) is 0 Å². The zero-order valence-electron chi connectivity index (χ0n) is 19.0. The van der Waals surface area contributed by atoms with Gasteiger partial charge in [-0.15, -0.1) is 0 Å². The van der Waals surface area contributed by atoms with Gasteiger partial charge in [-0.05, 0) is 48.7 Å². The first kappa shape index (κ1) is 22.1. The number of benzene rings is 1. The Labute approximate surface area is 195 Å². The van der Waals surface area contributed by atoms with Crippen molar-refractivity contribution in [3.63, 3.8) is 0 Å². The highest BCUT2D eigenvalue weighted by Crippen LogP contribution is 2.33. The van der Waals surface area contributed by atoms with Crippen LogP contribution in [0, 0.1) is 4.77 Å². The molecule has 0 amide bonds. The molecule has 32 heavy (non-hydrogen) atoms. The van der Waals surface area contributed by atoms with E-state index in [2.05, 4.69) is 29.2 Å². The van der Waals surface area contributed by atoms with Crippen molar-refractivity contribution in [1.82, 2.24) is 19.2 Å². The smallest absolute Gasteiger partial charge is 0.198 e. The third-order valence-corrected chi connectivity index (χ3v) is 7.71. The van der Waals surface area contributed by atoms with E-state index in [9.17, 15) is 0 Å². The van der Waals surface area contributed by atoms with E-state index in [-0.39, 0.29) is 5.79 Å². The molecular weight excluding hydrogens is 424 g/mol. The molecule has 2 aliphatic heterocycles. The second kappa shape index (κ2) is 9.63. The number of nitrogens with zero attached hydrogens (tertiary/aromatic N) is 4. The van der Waals surface area contributed by atoms with Crippen LogP contribution in [0.4, 0.5) is 0 Å². The van der Waals surface area contributed by atoms with Crippen molar-refractivity contribution < 1.29 is 14.2 Å². The summed E-state index contributed by atoms with van der Waals surface area (Å²) in [4.78, 5) is 2.35. The van der Waals surface area contributed by atoms with Gasteiger partial charge >= 0.3 is 0 Å². The molecule has 0 atom stereocenters. The average Bonchev–Trinajstić information content (AvgIpc) is 3.40. The molecule has 3 fully saturated rings. The Morgan fingerprint density at radius 3 is 2.44 bits per heavy atom. The zero-order chi connectivity index (χ0) is 22.0. The van der Waals surface area contributed by atoms with Gasteiger partial charge in [0.15, 0.2) is 16.4 Å². The first-order chi connectivity index (χ1) is 15.6. The Bertz CT molecular complexity index is 949. The monoisotopic (exact) mass is 458 g/mol. The molecule has 3 heterocycles. The van der Waals surface area contributed by atoms with Crippen LogP contribution < -0.4 is 4.74 Å². The van der Waals surface area contributed by atoms with Crippen LogP contribution >= 0.6 is 12.2 Å². The van der Waals surface area contributed by atoms with Crippen molar-refractivity contribution in [2.24, 2.45) is 7.05 Å². The normalized spacial score (nSPS) is 21.9. The largest absolute Gasteiger partial charge is 0.486 e. The summed E-state index contributed by atoms with van der Waals surface area (Å²) < 4.78 is 22.3. The number of rotatable bonds is 6. The molecule has 2 aromatic rings. The molecule has 5 rings (SSSR count). The van der Waals surface area contributed by atoms with Crippen LogP contribution in [0.1, 0.15) is 62.3 Å². The van der Waals surface area contributed by atoms with Gasteiger partial charge in [0, 0.05) is 33.0 Å². The van der Waals surface area contributed by atoms with E-state index in [4.69, 9.17) is 31.5 Å². The summed E-state index contributed by atoms with van der Waals surface area (Å²) in [7, 11) is 1.96. The quantitative estimate of drug-likeness (QED) is 0.599. The van der Waals surface area contributed by atoms with Gasteiger partial charge in [-0.1, -0.05) is 31.4 Å². The zero-order valence-corrected chi connectivity index (χ0v) is 19.8. The number of likely N-dealkylation sites (tertiary alicyclic amines) is 1. The molecule has 1 aromatic heterocycles. The molecule has 0 N–H and O–H groups in total. The molecule has 8 heteroatoms. The first-order valence-corrected chi connectivity index (χ1v) is 12.4. The summed E-state index contributed by atoms with van der Waals surface area (Å²) in [5, 5.41) is 4.74. The minimum Gasteiger partial charge on any atom is -0.486 e. The van der Waals surface area contributed by atoms with E-state index in [0.29, 0.717) is 37.2 Å². The Balaban J connectivity index is 1.16. The molecule has 1 aromatic carbocycles. The van der Waals surface area contributed by atoms with Gasteiger partial charge < -0.3 is 18.8 Å². The van der Waals surface area contributed by atoms with Crippen LogP contribution in [-0.2, 0) is 29.8 Å². The minimum absolute atomic E-state index is 0.354. The SMILES string of the molecule is Cn1c(COc2ccc(C3CCCCC3)cc2)nn(CN2CCC3(CC2)OCCO3)c1=S. The molecule has 2 saturated heterocycles. The van der Waals surface area contributed by atoms with Crippen molar-refractivity contribution in [1.29, 1.82) is 0 Å². The highest BCUT2D eigenvalue weighted by atomic mass is 32.1. The Hall–Kier alpha value is -1.74. The molecule has 0 unspecified atom stereocenters. The lowest BCUT2D eigenvalue weighted by atomic mass is 9.84. The number of ether oxygens (including phenoxy) is 3. The number of piperidine rings is 1. The van der Waals surface area contributed by atoms with Crippen molar-refractivity contribution in [2.75, 3.05) is 26.3 Å². The van der Waals surface area contributed by atoms with Gasteiger partial charge in [0.25, 0.3) is 0 Å². The Kier molecular flexibility index (Phi) is 6.64. The summed E-state index contributed by atoms with van der Waals surface area (Å²) >= 11 is 5.64. The maximum absolute atomic E-state index is 6.05. The van der Waals surface area contributed by atoms with Crippen LogP contribution in [-0.4, -0.2) is 51.3 Å². The van der Waals surface area contributed by atoms with Crippen LogP contribution in [0.15, 0.2) is 24.3 Å². The standard InChI is InChI=1S/C24H34N4O3S/c1-26-22(17-29-21-9-7-20(8-10-21)19-5-3-2-4-6-19)25-28(23(26)32)18-27-13-11-24(12-14-27)30-15-16-31-24/h7-10,19H,2-6,11-18H2,1H3. The van der Waals surface area contributed by atoms with E-state index in [1.807, 2.05) is 16.3 Å². The number of aromatic nitrogens is 3. The lowest BCUT2D eigenvalue weighted by Crippen LogP contribution is -2.45. The molecule has 174 valence electrons. The van der Waals surface area contributed by atoms with Gasteiger partial charge in [0.1, 0.15) is 12.4 Å². The topological polar surface area (TPSA) is 53.7 Å². The van der Waals surface area contributed by atoms with E-state index >= 15 is 0 Å². The molecular formula is C24H34N4O3S. The van der Waals surface area contributed by atoms with E-state index in [0.717, 1.165) is 37.5 Å². The third kappa shape index (κ3) is 4.78. The van der Waals surface area contributed by atoms with E-state index in [1.165, 1.54) is 37.7 Å². The minimum atomic E-state index is -0.354. The summed E-state index contributed by atoms with van der Waals surface area (Å²) in [5.74, 6) is 2.07. The fraction of sp³-hybridized carbons (Fsp3) is 0.667. The van der Waals surface area contributed by atoms with Crippen molar-refractivity contribution in [2.45, 2.75) is 69.9 Å². The second-order valence-electron chi connectivity index (χ2n) is 9.32. The predicted octanol–water partition coefficient (Wildman–Crippen LogP) is 4.37. The molecule has 0 bridgehead atoms. The van der Waals surface area contributed by atoms with E-state index < -0.39 is 0 Å². The summed E-state index contributed by atoms with van der Waals surface area (Å²) in [6, 6.07) is 8.63. The van der Waals surface area contributed by atoms with Crippen molar-refractivity contribution in [3.05, 3.63) is 40.4 Å². The summed E-state index contributed by atoms with van der Waals surface area (Å²) in [6.07, 6.45) is 8.49. The number of hydrogen-bond acceptors (Lipinski definition) is 6. The lowest BCUT2D eigenvalue weighted by molar-refractivity contribution is -0.187. The lowest BCUT2D eigenvalue weighted by Gasteiger charge is -2.37. The van der Waals surface area contributed by atoms with Crippen molar-refractivity contribution >= 4 is 12.2 Å². The highest BCUT2D eigenvalue weighted by molar-refractivity contribution is 7.71. The molecule has 1 aliphatic carbocycles. The maximum Gasteiger partial charge on any atom is 0.198 e. The Morgan fingerprint density at radius 1 is 1.06 bits per heavy atom. The average molecular weight is 459 g/mol. The van der Waals surface area contributed by atoms with Crippen LogP contribution in [0.25, 0.3) is 0 Å². The van der Waals surface area contributed by atoms with Gasteiger partial charge in [0.2, 0.25) is 0 Å². The van der Waals surface area contributed by atoms with Gasteiger partial charge in [-0.2, -0.15) is 5.10 Å². The molecule has 7 nitrogen and oxygen atoms in total.